The van der Waals surface area contributed by atoms with E-state index < -0.39 is 0 Å². The van der Waals surface area contributed by atoms with Gasteiger partial charge in [-0.1, -0.05) is 48.5 Å². The normalized spacial score (nSPS) is 12.5. The van der Waals surface area contributed by atoms with Crippen molar-refractivity contribution in [3.8, 4) is 0 Å². The maximum atomic E-state index is 5.22. The minimum atomic E-state index is 0. The Morgan fingerprint density at radius 1 is 0.585 bits per heavy atom. The van der Waals surface area contributed by atoms with Gasteiger partial charge in [-0.25, -0.2) is 9.97 Å². The highest BCUT2D eigenvalue weighted by Gasteiger charge is 2.22. The molecule has 3 aromatic rings. The number of fused-ring (bicyclic) bond motifs is 8. The molecule has 0 unspecified atom stereocenters. The zero-order valence-corrected chi connectivity index (χ0v) is 27.4. The monoisotopic (exact) mass is 562 g/mol. The number of nitrogens with one attached hydrogen (secondary N) is 1. The molecule has 0 amide bonds. The Labute approximate surface area is 251 Å². The third-order valence-corrected chi connectivity index (χ3v) is 8.86. The molecule has 0 aliphatic carbocycles. The third kappa shape index (κ3) is 5.07. The van der Waals surface area contributed by atoms with Gasteiger partial charge < -0.3 is 9.55 Å². The Morgan fingerprint density at radius 3 is 1.68 bits per heavy atom. The maximum Gasteiger partial charge on any atom is 0.0722 e. The molecule has 2 aliphatic heterocycles. The van der Waals surface area contributed by atoms with Crippen molar-refractivity contribution in [2.75, 3.05) is 0 Å². The number of rotatable bonds is 8. The summed E-state index contributed by atoms with van der Waals surface area (Å²) in [4.78, 5) is 14.3. The lowest BCUT2D eigenvalue weighted by Crippen LogP contribution is -1.99. The lowest BCUT2D eigenvalue weighted by atomic mass is 9.97. The Kier molecular flexibility index (Phi) is 9.58. The van der Waals surface area contributed by atoms with Crippen molar-refractivity contribution in [3.05, 3.63) is 68.3 Å². The fourth-order valence-electron chi connectivity index (χ4n) is 7.09. The molecule has 0 spiro atoms. The lowest BCUT2D eigenvalue weighted by molar-refractivity contribution is 0.816. The summed E-state index contributed by atoms with van der Waals surface area (Å²) in [5.74, 6) is 0. The van der Waals surface area contributed by atoms with Crippen LogP contribution in [0.3, 0.4) is 0 Å². The van der Waals surface area contributed by atoms with Crippen LogP contribution in [-0.2, 0) is 45.1 Å². The van der Waals surface area contributed by atoms with Gasteiger partial charge in [-0.3, -0.25) is 0 Å². The lowest BCUT2D eigenvalue weighted by Gasteiger charge is -2.09. The van der Waals surface area contributed by atoms with Gasteiger partial charge in [-0.15, -0.1) is 0 Å². The summed E-state index contributed by atoms with van der Waals surface area (Å²) < 4.78 is 2.57. The Bertz CT molecular complexity index is 1680. The van der Waals surface area contributed by atoms with E-state index in [1.54, 1.807) is 0 Å². The van der Waals surface area contributed by atoms with Gasteiger partial charge in [0.15, 0.2) is 0 Å². The fourth-order valence-corrected chi connectivity index (χ4v) is 7.09. The molecule has 0 fully saturated rings. The number of hydrogen-bond donors (Lipinski definition) is 1. The minimum Gasteiger partial charge on any atom is -0.354 e. The molecule has 214 valence electrons. The van der Waals surface area contributed by atoms with E-state index in [1.807, 2.05) is 0 Å². The summed E-state index contributed by atoms with van der Waals surface area (Å²) in [6.45, 7) is 19.3. The molecule has 0 atom stereocenters. The van der Waals surface area contributed by atoms with Crippen LogP contribution in [0.2, 0.25) is 0 Å². The van der Waals surface area contributed by atoms with Crippen molar-refractivity contribution in [2.24, 2.45) is 0 Å². The second-order valence-corrected chi connectivity index (χ2v) is 10.8. The zero-order valence-electron chi connectivity index (χ0n) is 26.4. The largest absolute Gasteiger partial charge is 0.354 e. The van der Waals surface area contributed by atoms with Gasteiger partial charge >= 0.3 is 0 Å². The number of hydrogen-bond acceptors (Lipinski definition) is 2. The van der Waals surface area contributed by atoms with Crippen LogP contribution in [0.1, 0.15) is 118 Å². The summed E-state index contributed by atoms with van der Waals surface area (Å²) in [5.41, 5.74) is 19.4. The van der Waals surface area contributed by atoms with Gasteiger partial charge in [-0.05, 0) is 116 Å². The molecular weight excluding hydrogens is 517 g/mol. The molecular formula is C36H46N4Si. The van der Waals surface area contributed by atoms with Gasteiger partial charge in [0.05, 0.1) is 22.8 Å². The topological polar surface area (TPSA) is 46.5 Å². The van der Waals surface area contributed by atoms with Crippen LogP contribution in [0.15, 0.2) is 12.1 Å². The molecule has 1 N–H and O–H groups in total. The van der Waals surface area contributed by atoms with Crippen LogP contribution >= 0.6 is 0 Å². The molecule has 2 aliphatic rings. The Hall–Kier alpha value is -3.18. The first-order valence-electron chi connectivity index (χ1n) is 15.7. The smallest absolute Gasteiger partial charge is 0.0722 e. The predicted molar refractivity (Wildman–Crippen MR) is 179 cm³/mol. The standard InChI is InChI=1S/C36H46N4.Si/c1-9-22-19-25-20-23-17-18-24(37-23)21-32-26(10-2)29(13-5)36(40(32)16-8)31(15-7)35-28(12-4)27(11-3)34(39-35)30(14-6)33(22)38-25;/h17-21,39H,9-16H2,1-8H3;. The second kappa shape index (κ2) is 12.8. The highest BCUT2D eigenvalue weighted by Crippen LogP contribution is 2.36. The first-order chi connectivity index (χ1) is 19.5. The molecule has 0 aromatic carbocycles. The average Bonchev–Trinajstić information content (AvgIpc) is 3.73. The number of aryl methyl sites for hydroxylation is 7. The van der Waals surface area contributed by atoms with Crippen molar-refractivity contribution >= 4 is 56.8 Å². The number of H-pyrrole nitrogens is 1. The summed E-state index contributed by atoms with van der Waals surface area (Å²) in [5, 5.41) is 0. The molecule has 5 heteroatoms. The average molecular weight is 563 g/mol. The first-order valence-corrected chi connectivity index (χ1v) is 15.7. The van der Waals surface area contributed by atoms with Gasteiger partial charge in [0.25, 0.3) is 0 Å². The van der Waals surface area contributed by atoms with E-state index in [0.717, 1.165) is 74.3 Å². The van der Waals surface area contributed by atoms with E-state index in [0.29, 0.717) is 0 Å². The third-order valence-electron chi connectivity index (χ3n) is 8.86. The van der Waals surface area contributed by atoms with Crippen molar-refractivity contribution in [3.63, 3.8) is 0 Å². The van der Waals surface area contributed by atoms with Gasteiger partial charge in [0.2, 0.25) is 0 Å². The molecule has 3 aromatic heterocycles. The van der Waals surface area contributed by atoms with Crippen molar-refractivity contribution < 1.29 is 0 Å². The molecule has 8 bridgehead atoms. The highest BCUT2D eigenvalue weighted by atomic mass is 28.1. The molecule has 0 saturated carbocycles. The van der Waals surface area contributed by atoms with Crippen molar-refractivity contribution in [2.45, 2.75) is 107 Å². The van der Waals surface area contributed by atoms with E-state index in [1.165, 1.54) is 61.0 Å². The molecule has 4 nitrogen and oxygen atoms in total. The predicted octanol–water partition coefficient (Wildman–Crippen LogP) is 8.92. The quantitative estimate of drug-likeness (QED) is 0.218. The van der Waals surface area contributed by atoms with E-state index >= 15 is 0 Å². The zero-order chi connectivity index (χ0) is 28.6. The minimum absolute atomic E-state index is 0. The van der Waals surface area contributed by atoms with E-state index in [2.05, 4.69) is 95.3 Å². The van der Waals surface area contributed by atoms with Gasteiger partial charge in [-0.2, -0.15) is 0 Å². The van der Waals surface area contributed by atoms with Crippen LogP contribution < -0.4 is 0 Å². The SMILES string of the molecule is CCC1=Cc2cc3nc(cc4c(CC)c(CC)c(c(CC)c5[nH]c(c(CC)c1n2)c(CC)c5CC)n4CC)C=C3.[Si]. The molecule has 5 rings (SSSR count). The highest BCUT2D eigenvalue weighted by molar-refractivity contribution is 5.90. The number of allylic oxidation sites excluding steroid dienone is 1. The number of nitrogens with zero attached hydrogens (tertiary/aromatic N) is 3. The molecule has 5 heterocycles. The summed E-state index contributed by atoms with van der Waals surface area (Å²) in [6.07, 6.45) is 13.5. The first kappa shape index (κ1) is 30.8. The molecule has 4 radical (unpaired) electrons. The molecule has 41 heavy (non-hydrogen) atoms. The van der Waals surface area contributed by atoms with Crippen LogP contribution in [0.25, 0.3) is 45.9 Å². The van der Waals surface area contributed by atoms with Crippen molar-refractivity contribution in [1.29, 1.82) is 0 Å². The van der Waals surface area contributed by atoms with Crippen LogP contribution in [0, 0.1) is 0 Å². The molecule has 0 saturated heterocycles. The maximum absolute atomic E-state index is 5.22. The van der Waals surface area contributed by atoms with Gasteiger partial charge in [0.1, 0.15) is 0 Å². The van der Waals surface area contributed by atoms with E-state index in [9.17, 15) is 0 Å². The number of aromatic nitrogens is 4. The second-order valence-electron chi connectivity index (χ2n) is 10.8. The number of aromatic amines is 1. The summed E-state index contributed by atoms with van der Waals surface area (Å²) in [6, 6.07) is 4.45. The van der Waals surface area contributed by atoms with Gasteiger partial charge in [0, 0.05) is 45.1 Å². The van der Waals surface area contributed by atoms with Crippen molar-refractivity contribution in [1.82, 2.24) is 19.5 Å². The Morgan fingerprint density at radius 2 is 1.15 bits per heavy atom. The van der Waals surface area contributed by atoms with Crippen LogP contribution in [-0.4, -0.2) is 30.5 Å². The van der Waals surface area contributed by atoms with Crippen LogP contribution in [0.5, 0.6) is 0 Å². The summed E-state index contributed by atoms with van der Waals surface area (Å²) in [7, 11) is 0. The Balaban J connectivity index is 0.00000387. The van der Waals surface area contributed by atoms with E-state index in [4.69, 9.17) is 9.97 Å². The summed E-state index contributed by atoms with van der Waals surface area (Å²) >= 11 is 0. The fraction of sp³-hybridized carbons (Fsp3) is 0.444. The van der Waals surface area contributed by atoms with E-state index in [-0.39, 0.29) is 11.0 Å². The van der Waals surface area contributed by atoms with Crippen LogP contribution in [0.4, 0.5) is 0 Å².